The highest BCUT2D eigenvalue weighted by Crippen LogP contribution is 2.23. The molecule has 104 valence electrons. The molecule has 4 heteroatoms. The van der Waals surface area contributed by atoms with E-state index in [0.717, 1.165) is 12.0 Å². The van der Waals surface area contributed by atoms with Crippen LogP contribution in [0.1, 0.15) is 18.9 Å². The third kappa shape index (κ3) is 3.70. The number of nitrogens with zero attached hydrogens (tertiary/aromatic N) is 1. The van der Waals surface area contributed by atoms with E-state index in [1.807, 2.05) is 30.3 Å². The number of amides is 1. The molecule has 1 aromatic carbocycles. The van der Waals surface area contributed by atoms with Crippen LogP contribution in [0.3, 0.4) is 0 Å². The van der Waals surface area contributed by atoms with Crippen molar-refractivity contribution in [2.24, 2.45) is 11.8 Å². The number of carbonyl (C=O) groups excluding carboxylic acids is 1. The van der Waals surface area contributed by atoms with Crippen molar-refractivity contribution in [1.82, 2.24) is 4.90 Å². The molecule has 4 nitrogen and oxygen atoms in total. The van der Waals surface area contributed by atoms with Crippen molar-refractivity contribution >= 4 is 6.09 Å². The lowest BCUT2D eigenvalue weighted by Gasteiger charge is -2.35. The number of carbonyl (C=O) groups is 1. The Labute approximate surface area is 114 Å². The van der Waals surface area contributed by atoms with Crippen LogP contribution >= 0.6 is 0 Å². The van der Waals surface area contributed by atoms with Crippen LogP contribution in [0.25, 0.3) is 0 Å². The van der Waals surface area contributed by atoms with E-state index in [9.17, 15) is 9.90 Å². The summed E-state index contributed by atoms with van der Waals surface area (Å²) in [6.07, 6.45) is 0.639. The van der Waals surface area contributed by atoms with Gasteiger partial charge in [0.15, 0.2) is 0 Å². The molecule has 1 amide bonds. The number of aliphatic hydroxyl groups excluding tert-OH is 1. The highest BCUT2D eigenvalue weighted by atomic mass is 16.6. The van der Waals surface area contributed by atoms with Crippen molar-refractivity contribution in [1.29, 1.82) is 0 Å². The Hall–Kier alpha value is -1.55. The summed E-state index contributed by atoms with van der Waals surface area (Å²) >= 11 is 0. The lowest BCUT2D eigenvalue weighted by molar-refractivity contribution is 0.0510. The first-order valence-electron chi connectivity index (χ1n) is 6.77. The van der Waals surface area contributed by atoms with E-state index in [1.165, 1.54) is 0 Å². The highest BCUT2D eigenvalue weighted by Gasteiger charge is 2.29. The van der Waals surface area contributed by atoms with Gasteiger partial charge in [-0.15, -0.1) is 0 Å². The third-order valence-electron chi connectivity index (χ3n) is 3.81. The molecule has 0 bridgehead atoms. The molecule has 1 fully saturated rings. The normalized spacial score (nSPS) is 23.2. The molecule has 0 aromatic heterocycles. The summed E-state index contributed by atoms with van der Waals surface area (Å²) in [6.45, 7) is 3.85. The Morgan fingerprint density at radius 1 is 1.42 bits per heavy atom. The first-order chi connectivity index (χ1) is 9.20. The number of ether oxygens (including phenoxy) is 1. The number of aliphatic hydroxyl groups is 1. The lowest BCUT2D eigenvalue weighted by atomic mass is 9.88. The average Bonchev–Trinajstić information content (AvgIpc) is 2.46. The van der Waals surface area contributed by atoms with Crippen LogP contribution in [-0.4, -0.2) is 35.8 Å². The summed E-state index contributed by atoms with van der Waals surface area (Å²) in [7, 11) is 0. The molecule has 2 atom stereocenters. The van der Waals surface area contributed by atoms with Crippen LogP contribution in [0.2, 0.25) is 0 Å². The summed E-state index contributed by atoms with van der Waals surface area (Å²) in [5.41, 5.74) is 0.986. The minimum Gasteiger partial charge on any atom is -0.445 e. The van der Waals surface area contributed by atoms with Gasteiger partial charge in [0.1, 0.15) is 6.61 Å². The van der Waals surface area contributed by atoms with E-state index in [1.54, 1.807) is 4.90 Å². The second-order valence-electron chi connectivity index (χ2n) is 5.19. The van der Waals surface area contributed by atoms with Crippen LogP contribution in [0, 0.1) is 11.8 Å². The van der Waals surface area contributed by atoms with Gasteiger partial charge in [0.05, 0.1) is 0 Å². The van der Waals surface area contributed by atoms with Crippen molar-refractivity contribution in [3.05, 3.63) is 35.9 Å². The molecule has 1 saturated heterocycles. The van der Waals surface area contributed by atoms with Gasteiger partial charge in [-0.25, -0.2) is 4.79 Å². The fourth-order valence-electron chi connectivity index (χ4n) is 2.36. The second kappa shape index (κ2) is 6.57. The van der Waals surface area contributed by atoms with Gasteiger partial charge in [-0.3, -0.25) is 0 Å². The summed E-state index contributed by atoms with van der Waals surface area (Å²) in [5, 5.41) is 9.29. The van der Waals surface area contributed by atoms with Gasteiger partial charge in [0, 0.05) is 25.6 Å². The largest absolute Gasteiger partial charge is 0.445 e. The first kappa shape index (κ1) is 13.9. The van der Waals surface area contributed by atoms with Crippen molar-refractivity contribution in [2.45, 2.75) is 20.0 Å². The van der Waals surface area contributed by atoms with E-state index in [0.29, 0.717) is 25.6 Å². The van der Waals surface area contributed by atoms with Crippen molar-refractivity contribution in [3.63, 3.8) is 0 Å². The summed E-state index contributed by atoms with van der Waals surface area (Å²) in [4.78, 5) is 13.7. The SMILES string of the molecule is CC1CCN(C(=O)OCc2ccccc2)CC1CO. The van der Waals surface area contributed by atoms with Gasteiger partial charge in [-0.05, 0) is 17.9 Å². The molecule has 1 heterocycles. The molecule has 1 N–H and O–H groups in total. The minimum absolute atomic E-state index is 0.129. The van der Waals surface area contributed by atoms with Gasteiger partial charge in [0.2, 0.25) is 0 Å². The van der Waals surface area contributed by atoms with Crippen LogP contribution < -0.4 is 0 Å². The summed E-state index contributed by atoms with van der Waals surface area (Å²) < 4.78 is 5.30. The van der Waals surface area contributed by atoms with E-state index >= 15 is 0 Å². The minimum atomic E-state index is -0.283. The predicted octanol–water partition coefficient (Wildman–Crippen LogP) is 2.27. The fourth-order valence-corrected chi connectivity index (χ4v) is 2.36. The molecule has 2 rings (SSSR count). The Balaban J connectivity index is 1.83. The van der Waals surface area contributed by atoms with Crippen LogP contribution in [0.5, 0.6) is 0 Å². The van der Waals surface area contributed by atoms with Crippen LogP contribution in [0.15, 0.2) is 30.3 Å². The molecule has 0 radical (unpaired) electrons. The molecule has 1 aliphatic rings. The maximum atomic E-state index is 12.0. The van der Waals surface area contributed by atoms with Gasteiger partial charge in [0.25, 0.3) is 0 Å². The maximum Gasteiger partial charge on any atom is 0.410 e. The van der Waals surface area contributed by atoms with Crippen LogP contribution in [-0.2, 0) is 11.3 Å². The molecule has 2 unspecified atom stereocenters. The molecular weight excluding hydrogens is 242 g/mol. The number of piperidine rings is 1. The quantitative estimate of drug-likeness (QED) is 0.910. The summed E-state index contributed by atoms with van der Waals surface area (Å²) in [6, 6.07) is 9.65. The first-order valence-corrected chi connectivity index (χ1v) is 6.77. The third-order valence-corrected chi connectivity index (χ3v) is 3.81. The fraction of sp³-hybridized carbons (Fsp3) is 0.533. The zero-order valence-electron chi connectivity index (χ0n) is 11.3. The number of hydrogen-bond acceptors (Lipinski definition) is 3. The van der Waals surface area contributed by atoms with E-state index in [4.69, 9.17) is 4.74 Å². The molecule has 0 aliphatic carbocycles. The second-order valence-corrected chi connectivity index (χ2v) is 5.19. The Morgan fingerprint density at radius 3 is 2.84 bits per heavy atom. The number of rotatable bonds is 3. The van der Waals surface area contributed by atoms with Gasteiger partial charge >= 0.3 is 6.09 Å². The van der Waals surface area contributed by atoms with Crippen molar-refractivity contribution < 1.29 is 14.6 Å². The Kier molecular flexibility index (Phi) is 4.80. The van der Waals surface area contributed by atoms with Crippen LogP contribution in [0.4, 0.5) is 4.79 Å². The Bertz CT molecular complexity index is 407. The Morgan fingerprint density at radius 2 is 2.16 bits per heavy atom. The van der Waals surface area contributed by atoms with Crippen molar-refractivity contribution in [3.8, 4) is 0 Å². The molecule has 0 saturated carbocycles. The van der Waals surface area contributed by atoms with Gasteiger partial charge in [-0.2, -0.15) is 0 Å². The molecule has 1 aliphatic heterocycles. The zero-order chi connectivity index (χ0) is 13.7. The predicted molar refractivity (Wildman–Crippen MR) is 72.6 cm³/mol. The molecule has 0 spiro atoms. The lowest BCUT2D eigenvalue weighted by Crippen LogP contribution is -2.44. The van der Waals surface area contributed by atoms with E-state index < -0.39 is 0 Å². The number of hydrogen-bond donors (Lipinski definition) is 1. The molecular formula is C15H21NO3. The van der Waals surface area contributed by atoms with Gasteiger partial charge in [-0.1, -0.05) is 37.3 Å². The maximum absolute atomic E-state index is 12.0. The van der Waals surface area contributed by atoms with E-state index in [-0.39, 0.29) is 18.6 Å². The molecule has 19 heavy (non-hydrogen) atoms. The average molecular weight is 263 g/mol. The monoisotopic (exact) mass is 263 g/mol. The molecule has 1 aromatic rings. The van der Waals surface area contributed by atoms with E-state index in [2.05, 4.69) is 6.92 Å². The number of benzene rings is 1. The van der Waals surface area contributed by atoms with Gasteiger partial charge < -0.3 is 14.7 Å². The van der Waals surface area contributed by atoms with Crippen molar-refractivity contribution in [2.75, 3.05) is 19.7 Å². The number of likely N-dealkylation sites (tertiary alicyclic amines) is 1. The highest BCUT2D eigenvalue weighted by molar-refractivity contribution is 5.67. The standard InChI is InChI=1S/C15H21NO3/c1-12-7-8-16(9-14(12)10-17)15(18)19-11-13-5-3-2-4-6-13/h2-6,12,14,17H,7-11H2,1H3. The topological polar surface area (TPSA) is 49.8 Å². The summed E-state index contributed by atoms with van der Waals surface area (Å²) in [5.74, 6) is 0.626. The smallest absolute Gasteiger partial charge is 0.410 e. The zero-order valence-corrected chi connectivity index (χ0v) is 11.3.